The molecule has 0 fully saturated rings. The van der Waals surface area contributed by atoms with Gasteiger partial charge >= 0.3 is 0 Å². The predicted molar refractivity (Wildman–Crippen MR) is 78.2 cm³/mol. The number of rotatable bonds is 9. The topological polar surface area (TPSA) is 69.4 Å². The van der Waals surface area contributed by atoms with Crippen LogP contribution < -0.4 is 10.5 Å². The Bertz CT molecular complexity index is 471. The average molecular weight is 285 g/mol. The molecule has 0 saturated carbocycles. The second-order valence-electron chi connectivity index (χ2n) is 4.62. The van der Waals surface area contributed by atoms with Gasteiger partial charge in [0.1, 0.15) is 15.6 Å². The highest BCUT2D eigenvalue weighted by Crippen LogP contribution is 2.16. The highest BCUT2D eigenvalue weighted by molar-refractivity contribution is 7.91. The van der Waals surface area contributed by atoms with E-state index in [0.717, 1.165) is 17.7 Å². The summed E-state index contributed by atoms with van der Waals surface area (Å²) in [5.74, 6) is 1.29. The summed E-state index contributed by atoms with van der Waals surface area (Å²) in [6.07, 6.45) is 1.93. The molecule has 0 heterocycles. The van der Waals surface area contributed by atoms with Gasteiger partial charge in [-0.25, -0.2) is 8.42 Å². The summed E-state index contributed by atoms with van der Waals surface area (Å²) >= 11 is 0. The van der Waals surface area contributed by atoms with Crippen LogP contribution in [0, 0.1) is 6.92 Å². The van der Waals surface area contributed by atoms with E-state index >= 15 is 0 Å². The minimum atomic E-state index is -2.93. The van der Waals surface area contributed by atoms with Crippen LogP contribution in [0.15, 0.2) is 24.3 Å². The Hall–Kier alpha value is -1.07. The Morgan fingerprint density at radius 2 is 1.79 bits per heavy atom. The van der Waals surface area contributed by atoms with Crippen LogP contribution in [-0.4, -0.2) is 33.1 Å². The molecule has 0 aliphatic carbocycles. The second-order valence-corrected chi connectivity index (χ2v) is 6.92. The van der Waals surface area contributed by atoms with E-state index in [1.807, 2.05) is 31.2 Å². The fraction of sp³-hybridized carbons (Fsp3) is 0.571. The van der Waals surface area contributed by atoms with Gasteiger partial charge in [0.15, 0.2) is 0 Å². The lowest BCUT2D eigenvalue weighted by molar-refractivity contribution is 0.307. The van der Waals surface area contributed by atoms with Gasteiger partial charge in [-0.2, -0.15) is 0 Å². The van der Waals surface area contributed by atoms with E-state index in [4.69, 9.17) is 10.5 Å². The summed E-state index contributed by atoms with van der Waals surface area (Å²) < 4.78 is 28.8. The molecule has 2 N–H and O–H groups in total. The lowest BCUT2D eigenvalue weighted by Crippen LogP contribution is -2.15. The van der Waals surface area contributed by atoms with Crippen LogP contribution in [-0.2, 0) is 9.84 Å². The largest absolute Gasteiger partial charge is 0.493 e. The van der Waals surface area contributed by atoms with Gasteiger partial charge in [-0.15, -0.1) is 0 Å². The molecule has 4 nitrogen and oxygen atoms in total. The van der Waals surface area contributed by atoms with Crippen molar-refractivity contribution in [3.8, 4) is 5.75 Å². The zero-order valence-corrected chi connectivity index (χ0v) is 12.3. The van der Waals surface area contributed by atoms with Gasteiger partial charge in [0.05, 0.1) is 18.1 Å². The van der Waals surface area contributed by atoms with E-state index in [0.29, 0.717) is 26.0 Å². The average Bonchev–Trinajstić information content (AvgIpc) is 2.38. The van der Waals surface area contributed by atoms with Crippen molar-refractivity contribution in [2.75, 3.05) is 24.7 Å². The molecule has 0 aliphatic rings. The Morgan fingerprint density at radius 3 is 2.47 bits per heavy atom. The summed E-state index contributed by atoms with van der Waals surface area (Å²) in [6, 6.07) is 7.81. The Labute approximate surface area is 115 Å². The van der Waals surface area contributed by atoms with Crippen LogP contribution in [0.4, 0.5) is 0 Å². The van der Waals surface area contributed by atoms with Crippen LogP contribution in [0.3, 0.4) is 0 Å². The monoisotopic (exact) mass is 285 g/mol. The molecule has 0 aromatic heterocycles. The first kappa shape index (κ1) is 16.0. The molecule has 1 rings (SSSR count). The van der Waals surface area contributed by atoms with Crippen LogP contribution in [0.25, 0.3) is 0 Å². The van der Waals surface area contributed by atoms with Crippen LogP contribution in [0.1, 0.15) is 24.8 Å². The van der Waals surface area contributed by atoms with Crippen molar-refractivity contribution in [2.24, 2.45) is 5.73 Å². The van der Waals surface area contributed by atoms with Gasteiger partial charge in [-0.1, -0.05) is 18.2 Å². The summed E-state index contributed by atoms with van der Waals surface area (Å²) in [5.41, 5.74) is 6.40. The first-order valence-electron chi connectivity index (χ1n) is 6.64. The number of ether oxygens (including phenoxy) is 1. The molecule has 0 unspecified atom stereocenters. The molecule has 19 heavy (non-hydrogen) atoms. The zero-order valence-electron chi connectivity index (χ0n) is 11.5. The molecule has 0 radical (unpaired) electrons. The summed E-state index contributed by atoms with van der Waals surface area (Å²) in [6.45, 7) is 2.97. The molecule has 0 spiro atoms. The van der Waals surface area contributed by atoms with Gasteiger partial charge in [0.25, 0.3) is 0 Å². The van der Waals surface area contributed by atoms with Gasteiger partial charge < -0.3 is 10.5 Å². The van der Waals surface area contributed by atoms with E-state index in [1.165, 1.54) is 0 Å². The fourth-order valence-corrected chi connectivity index (χ4v) is 3.18. The fourth-order valence-electron chi connectivity index (χ4n) is 1.73. The van der Waals surface area contributed by atoms with Crippen molar-refractivity contribution in [1.29, 1.82) is 0 Å². The number of unbranched alkanes of at least 4 members (excludes halogenated alkanes) is 1. The molecule has 0 aliphatic heterocycles. The number of hydrogen-bond donors (Lipinski definition) is 1. The van der Waals surface area contributed by atoms with Crippen molar-refractivity contribution in [2.45, 2.75) is 26.2 Å². The van der Waals surface area contributed by atoms with E-state index < -0.39 is 9.84 Å². The molecule has 0 atom stereocenters. The van der Waals surface area contributed by atoms with E-state index in [1.54, 1.807) is 0 Å². The van der Waals surface area contributed by atoms with Gasteiger partial charge in [-0.3, -0.25) is 0 Å². The summed E-state index contributed by atoms with van der Waals surface area (Å²) in [4.78, 5) is 0. The third-order valence-electron chi connectivity index (χ3n) is 2.86. The van der Waals surface area contributed by atoms with Crippen LogP contribution in [0.5, 0.6) is 5.75 Å². The highest BCUT2D eigenvalue weighted by atomic mass is 32.2. The minimum absolute atomic E-state index is 0.197. The predicted octanol–water partition coefficient (Wildman–Crippen LogP) is 1.92. The quantitative estimate of drug-likeness (QED) is 0.704. The van der Waals surface area contributed by atoms with E-state index in [2.05, 4.69) is 0 Å². The number of para-hydroxylation sites is 1. The van der Waals surface area contributed by atoms with E-state index in [9.17, 15) is 8.42 Å². The van der Waals surface area contributed by atoms with Crippen LogP contribution >= 0.6 is 0 Å². The highest BCUT2D eigenvalue weighted by Gasteiger charge is 2.09. The molecule has 0 bridgehead atoms. The third-order valence-corrected chi connectivity index (χ3v) is 4.68. The maximum atomic E-state index is 11.6. The molecular weight excluding hydrogens is 262 g/mol. The SMILES string of the molecule is Cc1ccccc1OCCCCS(=O)(=O)CCCN. The Kier molecular flexibility index (Phi) is 6.87. The first-order valence-corrected chi connectivity index (χ1v) is 8.46. The minimum Gasteiger partial charge on any atom is -0.493 e. The van der Waals surface area contributed by atoms with Gasteiger partial charge in [0.2, 0.25) is 0 Å². The third kappa shape index (κ3) is 6.59. The van der Waals surface area contributed by atoms with Gasteiger partial charge in [-0.05, 0) is 44.4 Å². The smallest absolute Gasteiger partial charge is 0.150 e. The number of benzene rings is 1. The van der Waals surface area contributed by atoms with Crippen molar-refractivity contribution in [1.82, 2.24) is 0 Å². The maximum absolute atomic E-state index is 11.6. The van der Waals surface area contributed by atoms with Crippen LogP contribution in [0.2, 0.25) is 0 Å². The van der Waals surface area contributed by atoms with Crippen molar-refractivity contribution < 1.29 is 13.2 Å². The Morgan fingerprint density at radius 1 is 1.11 bits per heavy atom. The molecule has 5 heteroatoms. The normalized spacial score (nSPS) is 11.5. The lowest BCUT2D eigenvalue weighted by atomic mass is 10.2. The lowest BCUT2D eigenvalue weighted by Gasteiger charge is -2.08. The number of nitrogens with two attached hydrogens (primary N) is 1. The summed E-state index contributed by atoms with van der Waals surface area (Å²) in [7, 11) is -2.93. The number of hydrogen-bond acceptors (Lipinski definition) is 4. The second kappa shape index (κ2) is 8.17. The number of aryl methyl sites for hydroxylation is 1. The van der Waals surface area contributed by atoms with Crippen molar-refractivity contribution in [3.05, 3.63) is 29.8 Å². The Balaban J connectivity index is 2.20. The molecule has 0 amide bonds. The molecular formula is C14H23NO3S. The van der Waals surface area contributed by atoms with Gasteiger partial charge in [0, 0.05) is 0 Å². The molecule has 1 aromatic rings. The standard InChI is InChI=1S/C14H23NO3S/c1-13-7-2-3-8-14(13)18-10-4-5-11-19(16,17)12-6-9-15/h2-3,7-8H,4-6,9-12,15H2,1H3. The summed E-state index contributed by atoms with van der Waals surface area (Å²) in [5, 5.41) is 0. The molecule has 0 saturated heterocycles. The van der Waals surface area contributed by atoms with Crippen molar-refractivity contribution >= 4 is 9.84 Å². The van der Waals surface area contributed by atoms with Crippen molar-refractivity contribution in [3.63, 3.8) is 0 Å². The zero-order chi connectivity index (χ0) is 14.1. The molecule has 108 valence electrons. The van der Waals surface area contributed by atoms with E-state index in [-0.39, 0.29) is 11.5 Å². The first-order chi connectivity index (χ1) is 9.05. The maximum Gasteiger partial charge on any atom is 0.150 e. The number of sulfone groups is 1. The molecule has 1 aromatic carbocycles.